The zero-order chi connectivity index (χ0) is 11.0. The van der Waals surface area contributed by atoms with Crippen LogP contribution in [0.1, 0.15) is 10.6 Å². The molecule has 80 valence electrons. The SMILES string of the molecule is Cc1nn(Cc2ccc(Br)s2)c(N)c1I. The molecular formula is C9H9BrIN3S. The lowest BCUT2D eigenvalue weighted by atomic mass is 10.4. The van der Waals surface area contributed by atoms with E-state index in [0.717, 1.165) is 25.4 Å². The van der Waals surface area contributed by atoms with Crippen LogP contribution in [0.3, 0.4) is 0 Å². The number of anilines is 1. The van der Waals surface area contributed by atoms with Crippen molar-refractivity contribution in [2.24, 2.45) is 0 Å². The normalized spacial score (nSPS) is 10.9. The molecule has 0 aliphatic carbocycles. The van der Waals surface area contributed by atoms with Crippen LogP contribution in [0.2, 0.25) is 0 Å². The van der Waals surface area contributed by atoms with E-state index in [9.17, 15) is 0 Å². The molecule has 2 N–H and O–H groups in total. The van der Waals surface area contributed by atoms with Crippen LogP contribution in [0, 0.1) is 10.5 Å². The number of rotatable bonds is 2. The predicted molar refractivity (Wildman–Crippen MR) is 75.2 cm³/mol. The summed E-state index contributed by atoms with van der Waals surface area (Å²) in [6.45, 7) is 2.71. The Balaban J connectivity index is 2.28. The maximum Gasteiger partial charge on any atom is 0.135 e. The maximum atomic E-state index is 5.94. The van der Waals surface area contributed by atoms with Gasteiger partial charge in [0.25, 0.3) is 0 Å². The third-order valence-corrected chi connectivity index (χ3v) is 4.97. The standard InChI is InChI=1S/C9H9BrIN3S/c1-5-8(11)9(12)14(13-5)4-6-2-3-7(10)15-6/h2-3H,4,12H2,1H3. The molecule has 0 spiro atoms. The number of nitrogens with zero attached hydrogens (tertiary/aromatic N) is 2. The maximum absolute atomic E-state index is 5.94. The Bertz CT molecular complexity index is 492. The minimum absolute atomic E-state index is 0.742. The highest BCUT2D eigenvalue weighted by molar-refractivity contribution is 14.1. The fourth-order valence-corrected chi connectivity index (χ4v) is 3.13. The molecule has 0 fully saturated rings. The molecule has 0 atom stereocenters. The van der Waals surface area contributed by atoms with Crippen molar-refractivity contribution in [3.8, 4) is 0 Å². The highest BCUT2D eigenvalue weighted by atomic mass is 127. The second-order valence-corrected chi connectivity index (χ2v) is 6.77. The molecule has 0 aliphatic heterocycles. The van der Waals surface area contributed by atoms with Crippen LogP contribution in [0.4, 0.5) is 5.82 Å². The highest BCUT2D eigenvalue weighted by Crippen LogP contribution is 2.25. The van der Waals surface area contributed by atoms with E-state index in [0.29, 0.717) is 0 Å². The molecule has 0 amide bonds. The van der Waals surface area contributed by atoms with Crippen LogP contribution in [-0.4, -0.2) is 9.78 Å². The fraction of sp³-hybridized carbons (Fsp3) is 0.222. The monoisotopic (exact) mass is 397 g/mol. The molecule has 3 nitrogen and oxygen atoms in total. The van der Waals surface area contributed by atoms with E-state index in [-0.39, 0.29) is 0 Å². The lowest BCUT2D eigenvalue weighted by Crippen LogP contribution is -2.05. The van der Waals surface area contributed by atoms with Gasteiger partial charge in [0.05, 0.1) is 19.6 Å². The van der Waals surface area contributed by atoms with Gasteiger partial charge in [-0.05, 0) is 57.6 Å². The zero-order valence-electron chi connectivity index (χ0n) is 8.00. The van der Waals surface area contributed by atoms with Crippen LogP contribution in [-0.2, 0) is 6.54 Å². The summed E-state index contributed by atoms with van der Waals surface area (Å²) < 4.78 is 4.02. The molecule has 2 aromatic heterocycles. The Morgan fingerprint density at radius 1 is 1.60 bits per heavy atom. The van der Waals surface area contributed by atoms with Crippen LogP contribution >= 0.6 is 49.9 Å². The number of thiophene rings is 1. The van der Waals surface area contributed by atoms with Crippen molar-refractivity contribution < 1.29 is 0 Å². The summed E-state index contributed by atoms with van der Waals surface area (Å²) in [6, 6.07) is 4.12. The number of aryl methyl sites for hydroxylation is 1. The first-order valence-electron chi connectivity index (χ1n) is 4.30. The van der Waals surface area contributed by atoms with Crippen LogP contribution in [0.15, 0.2) is 15.9 Å². The molecule has 0 saturated heterocycles. The average molecular weight is 398 g/mol. The number of aromatic nitrogens is 2. The van der Waals surface area contributed by atoms with Crippen molar-refractivity contribution in [1.82, 2.24) is 9.78 Å². The second-order valence-electron chi connectivity index (χ2n) is 3.15. The molecule has 0 saturated carbocycles. The van der Waals surface area contributed by atoms with Gasteiger partial charge in [0.1, 0.15) is 5.82 Å². The molecule has 2 rings (SSSR count). The molecule has 2 aromatic rings. The minimum atomic E-state index is 0.742. The van der Waals surface area contributed by atoms with Gasteiger partial charge in [-0.15, -0.1) is 11.3 Å². The zero-order valence-corrected chi connectivity index (χ0v) is 12.6. The van der Waals surface area contributed by atoms with Gasteiger partial charge in [-0.25, -0.2) is 4.68 Å². The van der Waals surface area contributed by atoms with Crippen LogP contribution in [0.25, 0.3) is 0 Å². The largest absolute Gasteiger partial charge is 0.383 e. The van der Waals surface area contributed by atoms with Gasteiger partial charge < -0.3 is 5.73 Å². The Labute approximate surface area is 114 Å². The summed E-state index contributed by atoms with van der Waals surface area (Å²) in [5.74, 6) is 0.748. The number of halogens is 2. The Morgan fingerprint density at radius 2 is 2.33 bits per heavy atom. The molecule has 6 heteroatoms. The van der Waals surface area contributed by atoms with Crippen LogP contribution < -0.4 is 5.73 Å². The van der Waals surface area contributed by atoms with Gasteiger partial charge in [0, 0.05) is 4.88 Å². The third-order valence-electron chi connectivity index (χ3n) is 2.03. The van der Waals surface area contributed by atoms with E-state index in [4.69, 9.17) is 5.73 Å². The van der Waals surface area contributed by atoms with E-state index >= 15 is 0 Å². The molecule has 2 heterocycles. The minimum Gasteiger partial charge on any atom is -0.383 e. The second kappa shape index (κ2) is 4.42. The smallest absolute Gasteiger partial charge is 0.135 e. The van der Waals surface area contributed by atoms with Crippen molar-refractivity contribution in [3.05, 3.63) is 30.1 Å². The van der Waals surface area contributed by atoms with E-state index < -0.39 is 0 Å². The molecule has 0 bridgehead atoms. The average Bonchev–Trinajstić information content (AvgIpc) is 2.68. The molecule has 15 heavy (non-hydrogen) atoms. The Kier molecular flexibility index (Phi) is 3.36. The molecule has 0 aliphatic rings. The van der Waals surface area contributed by atoms with Crippen LogP contribution in [0.5, 0.6) is 0 Å². The van der Waals surface area contributed by atoms with Gasteiger partial charge in [-0.2, -0.15) is 5.10 Å². The van der Waals surface area contributed by atoms with Gasteiger partial charge in [0.15, 0.2) is 0 Å². The topological polar surface area (TPSA) is 43.8 Å². The highest BCUT2D eigenvalue weighted by Gasteiger charge is 2.10. The van der Waals surface area contributed by atoms with E-state index in [1.165, 1.54) is 4.88 Å². The number of nitrogens with two attached hydrogens (primary N) is 1. The van der Waals surface area contributed by atoms with Crippen molar-refractivity contribution in [2.45, 2.75) is 13.5 Å². The molecule has 0 aromatic carbocycles. The Hall–Kier alpha value is -0.0800. The third kappa shape index (κ3) is 2.36. The van der Waals surface area contributed by atoms with Crippen molar-refractivity contribution in [3.63, 3.8) is 0 Å². The first kappa shape index (κ1) is 11.4. The summed E-state index contributed by atoms with van der Waals surface area (Å²) in [6.07, 6.45) is 0. The summed E-state index contributed by atoms with van der Waals surface area (Å²) in [5, 5.41) is 4.39. The lowest BCUT2D eigenvalue weighted by Gasteiger charge is -2.00. The Morgan fingerprint density at radius 3 is 2.80 bits per heavy atom. The van der Waals surface area contributed by atoms with Crippen molar-refractivity contribution >= 4 is 55.7 Å². The van der Waals surface area contributed by atoms with E-state index in [1.54, 1.807) is 11.3 Å². The summed E-state index contributed by atoms with van der Waals surface area (Å²) in [5.41, 5.74) is 6.93. The number of hydrogen-bond acceptors (Lipinski definition) is 3. The number of hydrogen-bond donors (Lipinski definition) is 1. The van der Waals surface area contributed by atoms with E-state index in [1.807, 2.05) is 17.7 Å². The van der Waals surface area contributed by atoms with Gasteiger partial charge in [-0.1, -0.05) is 0 Å². The van der Waals surface area contributed by atoms with Gasteiger partial charge in [-0.3, -0.25) is 0 Å². The quantitative estimate of drug-likeness (QED) is 0.790. The van der Waals surface area contributed by atoms with Crippen molar-refractivity contribution in [1.29, 1.82) is 0 Å². The van der Waals surface area contributed by atoms with E-state index in [2.05, 4.69) is 49.7 Å². The fourth-order valence-electron chi connectivity index (χ4n) is 1.28. The number of nitrogen functional groups attached to an aromatic ring is 1. The van der Waals surface area contributed by atoms with Gasteiger partial charge in [0.2, 0.25) is 0 Å². The first-order chi connectivity index (χ1) is 7.08. The first-order valence-corrected chi connectivity index (χ1v) is 6.99. The summed E-state index contributed by atoms with van der Waals surface area (Å²) >= 11 is 7.37. The van der Waals surface area contributed by atoms with Crippen molar-refractivity contribution in [2.75, 3.05) is 5.73 Å². The molecular weight excluding hydrogens is 389 g/mol. The molecule has 0 unspecified atom stereocenters. The van der Waals surface area contributed by atoms with Gasteiger partial charge >= 0.3 is 0 Å². The summed E-state index contributed by atoms with van der Waals surface area (Å²) in [4.78, 5) is 1.24. The molecule has 0 radical (unpaired) electrons. The lowest BCUT2D eigenvalue weighted by molar-refractivity contribution is 0.697. The predicted octanol–water partition coefficient (Wildman–Crippen LogP) is 3.25. The summed E-state index contributed by atoms with van der Waals surface area (Å²) in [7, 11) is 0.